The van der Waals surface area contributed by atoms with E-state index < -0.39 is 6.10 Å². The van der Waals surface area contributed by atoms with Gasteiger partial charge in [0.2, 0.25) is 0 Å². The van der Waals surface area contributed by atoms with Crippen molar-refractivity contribution in [3.63, 3.8) is 0 Å². The Balaban J connectivity index is 2.10. The van der Waals surface area contributed by atoms with Gasteiger partial charge < -0.3 is 10.8 Å². The lowest BCUT2D eigenvalue weighted by Gasteiger charge is -2.24. The van der Waals surface area contributed by atoms with Gasteiger partial charge in [0.25, 0.3) is 0 Å². The van der Waals surface area contributed by atoms with Crippen molar-refractivity contribution in [1.82, 2.24) is 0 Å². The fraction of sp³-hybridized carbons (Fsp3) is 0.579. The lowest BCUT2D eigenvalue weighted by molar-refractivity contribution is 0.170. The zero-order valence-corrected chi connectivity index (χ0v) is 13.0. The van der Waals surface area contributed by atoms with Gasteiger partial charge in [-0.3, -0.25) is 0 Å². The fourth-order valence-electron chi connectivity index (χ4n) is 3.16. The molecule has 3 N–H and O–H groups in total. The molecule has 0 amide bonds. The average molecular weight is 285 g/mol. The summed E-state index contributed by atoms with van der Waals surface area (Å²) in [5.74, 6) is 7.89. The highest BCUT2D eigenvalue weighted by molar-refractivity contribution is 5.42. The molecule has 1 unspecified atom stereocenters. The molecule has 2 heteroatoms. The van der Waals surface area contributed by atoms with Gasteiger partial charge in [-0.1, -0.05) is 56.2 Å². The Hall–Kier alpha value is -1.30. The monoisotopic (exact) mass is 285 g/mol. The van der Waals surface area contributed by atoms with E-state index >= 15 is 0 Å². The van der Waals surface area contributed by atoms with E-state index in [1.165, 1.54) is 32.1 Å². The summed E-state index contributed by atoms with van der Waals surface area (Å²) < 4.78 is 0. The predicted molar refractivity (Wildman–Crippen MR) is 87.7 cm³/mol. The van der Waals surface area contributed by atoms with Gasteiger partial charge in [0.1, 0.15) is 0 Å². The summed E-state index contributed by atoms with van der Waals surface area (Å²) in [4.78, 5) is 0. The van der Waals surface area contributed by atoms with Crippen molar-refractivity contribution in [2.24, 2.45) is 17.6 Å². The molecule has 2 atom stereocenters. The van der Waals surface area contributed by atoms with Crippen LogP contribution in [0.3, 0.4) is 0 Å². The number of aliphatic hydroxyl groups excluding tert-OH is 1. The molecule has 0 spiro atoms. The highest BCUT2D eigenvalue weighted by Gasteiger charge is 2.18. The molecule has 2 rings (SSSR count). The molecular formula is C19H27NO. The summed E-state index contributed by atoms with van der Waals surface area (Å²) in [6.07, 6.45) is 6.78. The average Bonchev–Trinajstić information content (AvgIpc) is 2.54. The molecule has 1 aliphatic rings. The summed E-state index contributed by atoms with van der Waals surface area (Å²) in [7, 11) is 0. The maximum absolute atomic E-state index is 10.2. The van der Waals surface area contributed by atoms with Crippen molar-refractivity contribution in [3.8, 4) is 11.8 Å². The Morgan fingerprint density at radius 3 is 2.67 bits per heavy atom. The molecule has 1 aromatic rings. The minimum Gasteiger partial charge on any atom is -0.388 e. The van der Waals surface area contributed by atoms with Crippen LogP contribution in [0.5, 0.6) is 0 Å². The molecule has 1 aliphatic carbocycles. The molecule has 2 nitrogen and oxygen atoms in total. The van der Waals surface area contributed by atoms with E-state index in [-0.39, 0.29) is 0 Å². The first-order valence-electron chi connectivity index (χ1n) is 8.21. The van der Waals surface area contributed by atoms with Gasteiger partial charge in [0.05, 0.1) is 6.10 Å². The first kappa shape index (κ1) is 16.1. The number of hydrogen-bond acceptors (Lipinski definition) is 2. The van der Waals surface area contributed by atoms with Crippen molar-refractivity contribution in [2.75, 3.05) is 6.54 Å². The second-order valence-corrected chi connectivity index (χ2v) is 6.14. The summed E-state index contributed by atoms with van der Waals surface area (Å²) in [6, 6.07) is 7.88. The molecule has 1 saturated carbocycles. The van der Waals surface area contributed by atoms with Gasteiger partial charge in [-0.05, 0) is 43.4 Å². The van der Waals surface area contributed by atoms with Crippen LogP contribution in [0.1, 0.15) is 62.7 Å². The van der Waals surface area contributed by atoms with Gasteiger partial charge in [-0.2, -0.15) is 0 Å². The fourth-order valence-corrected chi connectivity index (χ4v) is 3.16. The van der Waals surface area contributed by atoms with Crippen LogP contribution in [-0.4, -0.2) is 11.7 Å². The smallest absolute Gasteiger partial charge is 0.0814 e. The van der Waals surface area contributed by atoms with Crippen LogP contribution >= 0.6 is 0 Å². The van der Waals surface area contributed by atoms with Gasteiger partial charge >= 0.3 is 0 Å². The molecule has 1 fully saturated rings. The summed E-state index contributed by atoms with van der Waals surface area (Å²) >= 11 is 0. The highest BCUT2D eigenvalue weighted by atomic mass is 16.3. The lowest BCUT2D eigenvalue weighted by Crippen LogP contribution is -2.13. The SMILES string of the molecule is CC(C#Cc1ccccc1[C@H](O)CCN)C1CCCCC1. The van der Waals surface area contributed by atoms with Crippen molar-refractivity contribution in [2.45, 2.75) is 51.6 Å². The van der Waals surface area contributed by atoms with Gasteiger partial charge in [0.15, 0.2) is 0 Å². The van der Waals surface area contributed by atoms with E-state index in [9.17, 15) is 5.11 Å². The highest BCUT2D eigenvalue weighted by Crippen LogP contribution is 2.29. The number of nitrogens with two attached hydrogens (primary N) is 1. The topological polar surface area (TPSA) is 46.2 Å². The van der Waals surface area contributed by atoms with Gasteiger partial charge in [-0.25, -0.2) is 0 Å². The molecule has 0 saturated heterocycles. The zero-order valence-electron chi connectivity index (χ0n) is 13.0. The van der Waals surface area contributed by atoms with E-state index in [2.05, 4.69) is 18.8 Å². The molecule has 0 radical (unpaired) electrons. The van der Waals surface area contributed by atoms with Crippen molar-refractivity contribution in [3.05, 3.63) is 35.4 Å². The van der Waals surface area contributed by atoms with Crippen LogP contribution in [-0.2, 0) is 0 Å². The predicted octanol–water partition coefficient (Wildman–Crippen LogP) is 3.64. The van der Waals surface area contributed by atoms with Crippen LogP contribution in [0.2, 0.25) is 0 Å². The number of rotatable bonds is 4. The largest absolute Gasteiger partial charge is 0.388 e. The number of aliphatic hydroxyl groups is 1. The maximum atomic E-state index is 10.2. The molecule has 21 heavy (non-hydrogen) atoms. The van der Waals surface area contributed by atoms with Crippen molar-refractivity contribution < 1.29 is 5.11 Å². The second-order valence-electron chi connectivity index (χ2n) is 6.14. The van der Waals surface area contributed by atoms with E-state index in [1.54, 1.807) is 0 Å². The first-order chi connectivity index (χ1) is 10.2. The first-order valence-corrected chi connectivity index (χ1v) is 8.21. The quantitative estimate of drug-likeness (QED) is 0.830. The minimum atomic E-state index is -0.509. The Morgan fingerprint density at radius 2 is 1.95 bits per heavy atom. The maximum Gasteiger partial charge on any atom is 0.0814 e. The van der Waals surface area contributed by atoms with Gasteiger partial charge in [-0.15, -0.1) is 0 Å². The zero-order chi connectivity index (χ0) is 15.1. The van der Waals surface area contributed by atoms with Crippen LogP contribution in [0.15, 0.2) is 24.3 Å². The Labute approximate surface area is 128 Å². The molecule has 114 valence electrons. The third-order valence-electron chi connectivity index (χ3n) is 4.55. The van der Waals surface area contributed by atoms with Crippen LogP contribution in [0.25, 0.3) is 0 Å². The normalized spacial score (nSPS) is 18.6. The lowest BCUT2D eigenvalue weighted by atomic mass is 9.81. The third kappa shape index (κ3) is 4.59. The van der Waals surface area contributed by atoms with Crippen molar-refractivity contribution >= 4 is 0 Å². The molecule has 0 bridgehead atoms. The Morgan fingerprint density at radius 1 is 1.24 bits per heavy atom. The summed E-state index contributed by atoms with van der Waals surface area (Å²) in [5.41, 5.74) is 7.39. The van der Waals surface area contributed by atoms with Crippen LogP contribution in [0.4, 0.5) is 0 Å². The van der Waals surface area contributed by atoms with Gasteiger partial charge in [0, 0.05) is 11.5 Å². The van der Waals surface area contributed by atoms with E-state index in [0.29, 0.717) is 18.9 Å². The van der Waals surface area contributed by atoms with E-state index in [0.717, 1.165) is 17.0 Å². The van der Waals surface area contributed by atoms with Crippen LogP contribution in [0, 0.1) is 23.7 Å². The second kappa shape index (κ2) is 8.22. The third-order valence-corrected chi connectivity index (χ3v) is 4.55. The summed E-state index contributed by atoms with van der Waals surface area (Å²) in [6.45, 7) is 2.73. The Bertz CT molecular complexity index is 494. The summed E-state index contributed by atoms with van der Waals surface area (Å²) in [5, 5.41) is 10.2. The minimum absolute atomic E-state index is 0.435. The molecule has 0 aliphatic heterocycles. The molecule has 1 aromatic carbocycles. The Kier molecular flexibility index (Phi) is 6.29. The number of benzene rings is 1. The molecular weight excluding hydrogens is 258 g/mol. The van der Waals surface area contributed by atoms with E-state index in [1.807, 2.05) is 24.3 Å². The number of hydrogen-bond donors (Lipinski definition) is 2. The van der Waals surface area contributed by atoms with E-state index in [4.69, 9.17) is 5.73 Å². The molecule has 0 aromatic heterocycles. The standard InChI is InChI=1S/C19H27NO/c1-15(16-7-3-2-4-8-16)11-12-17-9-5-6-10-18(17)19(21)13-14-20/h5-6,9-10,15-16,19,21H,2-4,7-8,13-14,20H2,1H3/t15?,19-/m1/s1. The van der Waals surface area contributed by atoms with Crippen LogP contribution < -0.4 is 5.73 Å². The molecule has 0 heterocycles. The van der Waals surface area contributed by atoms with Crippen molar-refractivity contribution in [1.29, 1.82) is 0 Å².